The predicted octanol–water partition coefficient (Wildman–Crippen LogP) is 1.82. The van der Waals surface area contributed by atoms with Gasteiger partial charge < -0.3 is 15.0 Å². The lowest BCUT2D eigenvalue weighted by atomic mass is 10.1. The maximum absolute atomic E-state index is 11.5. The van der Waals surface area contributed by atoms with Gasteiger partial charge in [0.2, 0.25) is 0 Å². The van der Waals surface area contributed by atoms with E-state index in [0.29, 0.717) is 13.2 Å². The molecule has 0 aliphatic carbocycles. The van der Waals surface area contributed by atoms with Gasteiger partial charge in [0.15, 0.2) is 0 Å². The maximum atomic E-state index is 11.5. The first-order valence-electron chi connectivity index (χ1n) is 6.78. The summed E-state index contributed by atoms with van der Waals surface area (Å²) >= 11 is 0. The van der Waals surface area contributed by atoms with Gasteiger partial charge in [-0.15, -0.1) is 0 Å². The molecule has 20 heavy (non-hydrogen) atoms. The van der Waals surface area contributed by atoms with Crippen LogP contribution in [0.3, 0.4) is 0 Å². The van der Waals surface area contributed by atoms with Crippen LogP contribution < -0.4 is 16.0 Å². The Balaban J connectivity index is 1.91. The van der Waals surface area contributed by atoms with Crippen LogP contribution in [0.1, 0.15) is 12.5 Å². The van der Waals surface area contributed by atoms with Crippen LogP contribution in [0.5, 0.6) is 5.75 Å². The standard InChI is InChI=1S/C16H20N2O2/c1-13(17)11-14-5-4-6-15(12-14)20-10-9-18-8-3-2-7-16(18)19/h2-8,12-13H,9-11,17H2,1H3. The number of aromatic nitrogens is 1. The van der Waals surface area contributed by atoms with E-state index >= 15 is 0 Å². The first kappa shape index (κ1) is 14.3. The normalized spacial score (nSPS) is 12.1. The molecule has 2 aromatic rings. The van der Waals surface area contributed by atoms with Crippen molar-refractivity contribution in [3.63, 3.8) is 0 Å². The van der Waals surface area contributed by atoms with Crippen molar-refractivity contribution in [1.29, 1.82) is 0 Å². The van der Waals surface area contributed by atoms with Crippen LogP contribution in [0.2, 0.25) is 0 Å². The molecule has 0 fully saturated rings. The molecule has 0 spiro atoms. The Labute approximate surface area is 118 Å². The van der Waals surface area contributed by atoms with E-state index in [-0.39, 0.29) is 11.6 Å². The summed E-state index contributed by atoms with van der Waals surface area (Å²) in [5, 5.41) is 0. The van der Waals surface area contributed by atoms with Crippen LogP contribution in [0.25, 0.3) is 0 Å². The summed E-state index contributed by atoms with van der Waals surface area (Å²) in [4.78, 5) is 11.5. The molecule has 4 nitrogen and oxygen atoms in total. The van der Waals surface area contributed by atoms with Crippen molar-refractivity contribution in [3.05, 3.63) is 64.6 Å². The summed E-state index contributed by atoms with van der Waals surface area (Å²) < 4.78 is 7.32. The maximum Gasteiger partial charge on any atom is 0.250 e. The number of benzene rings is 1. The molecule has 106 valence electrons. The van der Waals surface area contributed by atoms with E-state index in [1.807, 2.05) is 37.3 Å². The SMILES string of the molecule is CC(N)Cc1cccc(OCCn2ccccc2=O)c1. The Morgan fingerprint density at radius 3 is 2.85 bits per heavy atom. The molecule has 2 rings (SSSR count). The average Bonchev–Trinajstić information content (AvgIpc) is 2.41. The Hall–Kier alpha value is -2.07. The van der Waals surface area contributed by atoms with Gasteiger partial charge in [-0.3, -0.25) is 4.79 Å². The number of hydrogen-bond donors (Lipinski definition) is 1. The summed E-state index contributed by atoms with van der Waals surface area (Å²) in [6, 6.07) is 13.2. The number of nitrogens with zero attached hydrogens (tertiary/aromatic N) is 1. The van der Waals surface area contributed by atoms with E-state index < -0.39 is 0 Å². The Kier molecular flexibility index (Phi) is 4.96. The highest BCUT2D eigenvalue weighted by Gasteiger charge is 2.01. The van der Waals surface area contributed by atoms with E-state index in [9.17, 15) is 4.79 Å². The third-order valence-electron chi connectivity index (χ3n) is 2.96. The van der Waals surface area contributed by atoms with Gasteiger partial charge in [0, 0.05) is 18.3 Å². The molecule has 0 aliphatic rings. The number of ether oxygens (including phenoxy) is 1. The van der Waals surface area contributed by atoms with Crippen LogP contribution in [-0.2, 0) is 13.0 Å². The zero-order chi connectivity index (χ0) is 14.4. The zero-order valence-electron chi connectivity index (χ0n) is 11.7. The predicted molar refractivity (Wildman–Crippen MR) is 80.0 cm³/mol. The third-order valence-corrected chi connectivity index (χ3v) is 2.96. The molecule has 0 radical (unpaired) electrons. The van der Waals surface area contributed by atoms with Crippen molar-refractivity contribution < 1.29 is 4.74 Å². The summed E-state index contributed by atoms with van der Waals surface area (Å²) in [6.07, 6.45) is 2.59. The third kappa shape index (κ3) is 4.24. The topological polar surface area (TPSA) is 57.2 Å². The quantitative estimate of drug-likeness (QED) is 0.872. The number of nitrogens with two attached hydrogens (primary N) is 1. The second kappa shape index (κ2) is 6.91. The smallest absolute Gasteiger partial charge is 0.250 e. The van der Waals surface area contributed by atoms with E-state index in [4.69, 9.17) is 10.5 Å². The van der Waals surface area contributed by atoms with Gasteiger partial charge in [-0.25, -0.2) is 0 Å². The van der Waals surface area contributed by atoms with Crippen LogP contribution in [-0.4, -0.2) is 17.2 Å². The lowest BCUT2D eigenvalue weighted by molar-refractivity contribution is 0.296. The van der Waals surface area contributed by atoms with Crippen LogP contribution >= 0.6 is 0 Å². The number of rotatable bonds is 6. The van der Waals surface area contributed by atoms with E-state index in [1.54, 1.807) is 22.9 Å². The molecule has 0 saturated carbocycles. The molecule has 1 aromatic carbocycles. The van der Waals surface area contributed by atoms with Crippen LogP contribution in [0, 0.1) is 0 Å². The minimum atomic E-state index is -0.0122. The zero-order valence-corrected chi connectivity index (χ0v) is 11.7. The van der Waals surface area contributed by atoms with Gasteiger partial charge in [0.05, 0.1) is 6.54 Å². The largest absolute Gasteiger partial charge is 0.492 e. The van der Waals surface area contributed by atoms with Crippen molar-refractivity contribution >= 4 is 0 Å². The van der Waals surface area contributed by atoms with Crippen molar-refractivity contribution in [1.82, 2.24) is 4.57 Å². The number of pyridine rings is 1. The Morgan fingerprint density at radius 1 is 1.25 bits per heavy atom. The van der Waals surface area contributed by atoms with E-state index in [1.165, 1.54) is 0 Å². The summed E-state index contributed by atoms with van der Waals surface area (Å²) in [5.41, 5.74) is 6.94. The first-order valence-corrected chi connectivity index (χ1v) is 6.78. The molecule has 0 aliphatic heterocycles. The fraction of sp³-hybridized carbons (Fsp3) is 0.312. The second-order valence-corrected chi connectivity index (χ2v) is 4.91. The van der Waals surface area contributed by atoms with Gasteiger partial charge in [-0.1, -0.05) is 18.2 Å². The van der Waals surface area contributed by atoms with Gasteiger partial charge in [0.25, 0.3) is 5.56 Å². The minimum Gasteiger partial charge on any atom is -0.492 e. The fourth-order valence-electron chi connectivity index (χ4n) is 2.04. The van der Waals surface area contributed by atoms with Gasteiger partial charge in [-0.05, 0) is 37.1 Å². The molecule has 0 saturated heterocycles. The second-order valence-electron chi connectivity index (χ2n) is 4.91. The molecule has 1 unspecified atom stereocenters. The molecular formula is C16H20N2O2. The van der Waals surface area contributed by atoms with Crippen molar-refractivity contribution in [2.75, 3.05) is 6.61 Å². The highest BCUT2D eigenvalue weighted by molar-refractivity contribution is 5.29. The van der Waals surface area contributed by atoms with Crippen LogP contribution in [0.15, 0.2) is 53.5 Å². The van der Waals surface area contributed by atoms with Crippen molar-refractivity contribution in [2.24, 2.45) is 5.73 Å². The van der Waals surface area contributed by atoms with Crippen molar-refractivity contribution in [2.45, 2.75) is 25.9 Å². The van der Waals surface area contributed by atoms with Gasteiger partial charge in [-0.2, -0.15) is 0 Å². The molecule has 2 N–H and O–H groups in total. The highest BCUT2D eigenvalue weighted by Crippen LogP contribution is 2.14. The molecule has 0 bridgehead atoms. The van der Waals surface area contributed by atoms with Crippen molar-refractivity contribution in [3.8, 4) is 5.75 Å². The monoisotopic (exact) mass is 272 g/mol. The Morgan fingerprint density at radius 2 is 2.10 bits per heavy atom. The lowest BCUT2D eigenvalue weighted by Crippen LogP contribution is -2.21. The first-order chi connectivity index (χ1) is 9.65. The van der Waals surface area contributed by atoms with E-state index in [0.717, 1.165) is 17.7 Å². The highest BCUT2D eigenvalue weighted by atomic mass is 16.5. The van der Waals surface area contributed by atoms with Gasteiger partial charge in [0.1, 0.15) is 12.4 Å². The molecular weight excluding hydrogens is 252 g/mol. The molecule has 1 atom stereocenters. The molecule has 4 heteroatoms. The molecule has 1 aromatic heterocycles. The minimum absolute atomic E-state index is 0.0122. The molecule has 1 heterocycles. The summed E-state index contributed by atoms with van der Waals surface area (Å²) in [7, 11) is 0. The van der Waals surface area contributed by atoms with Gasteiger partial charge >= 0.3 is 0 Å². The fourth-order valence-corrected chi connectivity index (χ4v) is 2.04. The summed E-state index contributed by atoms with van der Waals surface area (Å²) in [6.45, 7) is 2.98. The molecule has 0 amide bonds. The average molecular weight is 272 g/mol. The van der Waals surface area contributed by atoms with Crippen LogP contribution in [0.4, 0.5) is 0 Å². The van der Waals surface area contributed by atoms with E-state index in [2.05, 4.69) is 0 Å². The lowest BCUT2D eigenvalue weighted by Gasteiger charge is -2.10. The Bertz CT molecular complexity index is 605. The number of hydrogen-bond acceptors (Lipinski definition) is 3. The summed E-state index contributed by atoms with van der Waals surface area (Å²) in [5.74, 6) is 0.812.